The second-order valence-electron chi connectivity index (χ2n) is 8.84. The highest BCUT2D eigenvalue weighted by molar-refractivity contribution is 6.08. The molecule has 7 aromatic rings. The van der Waals surface area contributed by atoms with E-state index >= 15 is 0 Å². The standard InChI is InChI=1S/C32H21N5/c1-3-9-22(10-4-1)27-19-28(36-32(35-27)23-11-5-2-6-12-23)24-15-16-31(34-20-24)37-29-14-8-7-13-25(29)26-21-33-18-17-30(26)37/h1-21H. The normalized spacial score (nSPS) is 11.2. The summed E-state index contributed by atoms with van der Waals surface area (Å²) >= 11 is 0. The molecule has 4 aromatic heterocycles. The first kappa shape index (κ1) is 21.1. The lowest BCUT2D eigenvalue weighted by Crippen LogP contribution is -1.99. The van der Waals surface area contributed by atoms with Crippen molar-refractivity contribution >= 4 is 21.8 Å². The van der Waals surface area contributed by atoms with Crippen LogP contribution in [0.5, 0.6) is 0 Å². The third-order valence-corrected chi connectivity index (χ3v) is 6.57. The number of hydrogen-bond donors (Lipinski definition) is 0. The van der Waals surface area contributed by atoms with E-state index in [-0.39, 0.29) is 0 Å². The molecule has 3 aromatic carbocycles. The van der Waals surface area contributed by atoms with E-state index in [1.165, 1.54) is 0 Å². The number of fused-ring (bicyclic) bond motifs is 3. The van der Waals surface area contributed by atoms with Crippen molar-refractivity contribution in [3.63, 3.8) is 0 Å². The lowest BCUT2D eigenvalue weighted by molar-refractivity contribution is 1.08. The maximum absolute atomic E-state index is 4.93. The van der Waals surface area contributed by atoms with Crippen LogP contribution >= 0.6 is 0 Å². The molecule has 0 aliphatic heterocycles. The van der Waals surface area contributed by atoms with Gasteiger partial charge in [0.2, 0.25) is 0 Å². The van der Waals surface area contributed by atoms with E-state index in [4.69, 9.17) is 15.0 Å². The SMILES string of the molecule is c1ccc(-c2cc(-c3ccc(-n4c5ccccc5c5cnccc54)nc3)nc(-c3ccccc3)n2)cc1. The Morgan fingerprint density at radius 2 is 1.19 bits per heavy atom. The van der Waals surface area contributed by atoms with E-state index in [0.717, 1.165) is 55.7 Å². The van der Waals surface area contributed by atoms with Crippen molar-refractivity contribution < 1.29 is 0 Å². The summed E-state index contributed by atoms with van der Waals surface area (Å²) in [5.74, 6) is 1.54. The second kappa shape index (κ2) is 8.81. The predicted molar refractivity (Wildman–Crippen MR) is 148 cm³/mol. The van der Waals surface area contributed by atoms with Crippen molar-refractivity contribution in [3.8, 4) is 39.7 Å². The fraction of sp³-hybridized carbons (Fsp3) is 0. The highest BCUT2D eigenvalue weighted by Crippen LogP contribution is 2.32. The lowest BCUT2D eigenvalue weighted by Gasteiger charge is -2.10. The minimum atomic E-state index is 0.691. The van der Waals surface area contributed by atoms with Gasteiger partial charge in [-0.2, -0.15) is 0 Å². The Bertz CT molecular complexity index is 1750. The Balaban J connectivity index is 1.37. The van der Waals surface area contributed by atoms with Gasteiger partial charge in [-0.1, -0.05) is 78.9 Å². The topological polar surface area (TPSA) is 56.5 Å². The van der Waals surface area contributed by atoms with Crippen molar-refractivity contribution in [2.45, 2.75) is 0 Å². The molecule has 174 valence electrons. The van der Waals surface area contributed by atoms with E-state index in [0.29, 0.717) is 5.82 Å². The smallest absolute Gasteiger partial charge is 0.160 e. The van der Waals surface area contributed by atoms with Crippen molar-refractivity contribution in [3.05, 3.63) is 128 Å². The van der Waals surface area contributed by atoms with E-state index in [9.17, 15) is 0 Å². The predicted octanol–water partition coefficient (Wildman–Crippen LogP) is 7.36. The Hall–Kier alpha value is -5.16. The lowest BCUT2D eigenvalue weighted by atomic mass is 10.1. The molecule has 0 atom stereocenters. The first-order chi connectivity index (χ1) is 18.3. The molecule has 0 amide bonds. The Labute approximate surface area is 213 Å². The number of para-hydroxylation sites is 1. The van der Waals surface area contributed by atoms with Gasteiger partial charge in [0.05, 0.1) is 22.4 Å². The van der Waals surface area contributed by atoms with Gasteiger partial charge in [-0.3, -0.25) is 9.55 Å². The van der Waals surface area contributed by atoms with Crippen LogP contribution in [0.1, 0.15) is 0 Å². The Morgan fingerprint density at radius 1 is 0.514 bits per heavy atom. The number of hydrogen-bond acceptors (Lipinski definition) is 4. The van der Waals surface area contributed by atoms with Gasteiger partial charge in [0.25, 0.3) is 0 Å². The quantitative estimate of drug-likeness (QED) is 0.267. The molecule has 0 aliphatic carbocycles. The molecule has 0 saturated heterocycles. The molecule has 0 aliphatic rings. The average molecular weight is 476 g/mol. The largest absolute Gasteiger partial charge is 0.294 e. The summed E-state index contributed by atoms with van der Waals surface area (Å²) in [5, 5.41) is 2.27. The van der Waals surface area contributed by atoms with Crippen molar-refractivity contribution in [2.75, 3.05) is 0 Å². The molecule has 0 radical (unpaired) electrons. The molecule has 0 fully saturated rings. The van der Waals surface area contributed by atoms with E-state index in [2.05, 4.69) is 52.0 Å². The summed E-state index contributed by atoms with van der Waals surface area (Å²) in [7, 11) is 0. The van der Waals surface area contributed by atoms with Crippen molar-refractivity contribution in [1.29, 1.82) is 0 Å². The first-order valence-corrected chi connectivity index (χ1v) is 12.1. The molecule has 7 rings (SSSR count). The Morgan fingerprint density at radius 3 is 1.95 bits per heavy atom. The van der Waals surface area contributed by atoms with Crippen LogP contribution in [0.3, 0.4) is 0 Å². The van der Waals surface area contributed by atoms with E-state index < -0.39 is 0 Å². The number of rotatable bonds is 4. The molecule has 0 bridgehead atoms. The van der Waals surface area contributed by atoms with E-state index in [1.54, 1.807) is 0 Å². The fourth-order valence-electron chi connectivity index (χ4n) is 4.80. The summed E-state index contributed by atoms with van der Waals surface area (Å²) in [6.45, 7) is 0. The van der Waals surface area contributed by atoms with Crippen LogP contribution in [-0.2, 0) is 0 Å². The van der Waals surface area contributed by atoms with Crippen LogP contribution in [0.25, 0.3) is 61.5 Å². The van der Waals surface area contributed by atoms with Crippen LogP contribution in [-0.4, -0.2) is 24.5 Å². The van der Waals surface area contributed by atoms with Gasteiger partial charge in [-0.05, 0) is 30.3 Å². The molecule has 0 N–H and O–H groups in total. The van der Waals surface area contributed by atoms with Crippen LogP contribution in [0, 0.1) is 0 Å². The highest BCUT2D eigenvalue weighted by Gasteiger charge is 2.14. The van der Waals surface area contributed by atoms with Crippen molar-refractivity contribution in [1.82, 2.24) is 24.5 Å². The third kappa shape index (κ3) is 3.74. The number of benzene rings is 3. The summed E-state index contributed by atoms with van der Waals surface area (Å²) in [5.41, 5.74) is 6.85. The summed E-state index contributed by atoms with van der Waals surface area (Å²) < 4.78 is 2.18. The summed E-state index contributed by atoms with van der Waals surface area (Å²) in [6.07, 6.45) is 5.63. The number of aromatic nitrogens is 5. The fourth-order valence-corrected chi connectivity index (χ4v) is 4.80. The zero-order valence-electron chi connectivity index (χ0n) is 19.9. The molecule has 5 heteroatoms. The minimum Gasteiger partial charge on any atom is -0.294 e. The number of nitrogens with zero attached hydrogens (tertiary/aromatic N) is 5. The van der Waals surface area contributed by atoms with Gasteiger partial charge in [0, 0.05) is 46.1 Å². The monoisotopic (exact) mass is 475 g/mol. The van der Waals surface area contributed by atoms with Gasteiger partial charge in [0.15, 0.2) is 5.82 Å². The summed E-state index contributed by atoms with van der Waals surface area (Å²) in [6, 6.07) is 36.8. The van der Waals surface area contributed by atoms with Crippen molar-refractivity contribution in [2.24, 2.45) is 0 Å². The van der Waals surface area contributed by atoms with Gasteiger partial charge in [-0.15, -0.1) is 0 Å². The second-order valence-corrected chi connectivity index (χ2v) is 8.84. The van der Waals surface area contributed by atoms with Gasteiger partial charge < -0.3 is 0 Å². The molecular formula is C32H21N5. The van der Waals surface area contributed by atoms with Crippen LogP contribution in [0.4, 0.5) is 0 Å². The zero-order chi connectivity index (χ0) is 24.6. The molecule has 0 unspecified atom stereocenters. The highest BCUT2D eigenvalue weighted by atomic mass is 15.1. The zero-order valence-corrected chi connectivity index (χ0v) is 19.9. The van der Waals surface area contributed by atoms with Crippen LogP contribution in [0.15, 0.2) is 128 Å². The molecule has 0 saturated carbocycles. The molecule has 5 nitrogen and oxygen atoms in total. The average Bonchev–Trinajstić information content (AvgIpc) is 3.32. The van der Waals surface area contributed by atoms with Gasteiger partial charge in [-0.25, -0.2) is 15.0 Å². The van der Waals surface area contributed by atoms with Crippen LogP contribution < -0.4 is 0 Å². The maximum atomic E-state index is 4.93. The third-order valence-electron chi connectivity index (χ3n) is 6.57. The maximum Gasteiger partial charge on any atom is 0.160 e. The molecule has 4 heterocycles. The minimum absolute atomic E-state index is 0.691. The summed E-state index contributed by atoms with van der Waals surface area (Å²) in [4.78, 5) is 19.0. The number of pyridine rings is 2. The molecule has 37 heavy (non-hydrogen) atoms. The van der Waals surface area contributed by atoms with Gasteiger partial charge in [0.1, 0.15) is 5.82 Å². The first-order valence-electron chi connectivity index (χ1n) is 12.1. The molecule has 0 spiro atoms. The van der Waals surface area contributed by atoms with Gasteiger partial charge >= 0.3 is 0 Å². The van der Waals surface area contributed by atoms with E-state index in [1.807, 2.05) is 85.3 Å². The Kier molecular flexibility index (Phi) is 5.03. The molecular weight excluding hydrogens is 454 g/mol. The van der Waals surface area contributed by atoms with Crippen LogP contribution in [0.2, 0.25) is 0 Å².